The van der Waals surface area contributed by atoms with Gasteiger partial charge in [0.25, 0.3) is 0 Å². The third-order valence-corrected chi connectivity index (χ3v) is 8.59. The fraction of sp³-hybridized carbons (Fsp3) is 0.625. The highest BCUT2D eigenvalue weighted by Gasteiger charge is 2.45. The number of carbonyl (C=O) groups is 1. The molecular formula is C24H30BrClFN5O3. The van der Waals surface area contributed by atoms with E-state index in [1.807, 2.05) is 6.92 Å². The molecule has 0 unspecified atom stereocenters. The van der Waals surface area contributed by atoms with Crippen molar-refractivity contribution in [2.45, 2.75) is 57.0 Å². The molecule has 2 aromatic rings. The molecule has 0 aliphatic carbocycles. The second-order valence-corrected chi connectivity index (χ2v) is 10.9. The van der Waals surface area contributed by atoms with E-state index in [1.54, 1.807) is 11.0 Å². The minimum atomic E-state index is -0.556. The van der Waals surface area contributed by atoms with Crippen molar-refractivity contribution < 1.29 is 18.7 Å². The summed E-state index contributed by atoms with van der Waals surface area (Å²) in [6, 6.07) is 1.72. The largest absolute Gasteiger partial charge is 0.461 e. The van der Waals surface area contributed by atoms with Crippen LogP contribution in [0, 0.1) is 5.82 Å². The number of halogens is 3. The van der Waals surface area contributed by atoms with Crippen LogP contribution in [0.1, 0.15) is 45.4 Å². The Morgan fingerprint density at radius 3 is 2.77 bits per heavy atom. The molecular weight excluding hydrogens is 541 g/mol. The summed E-state index contributed by atoms with van der Waals surface area (Å²) in [7, 11) is 0. The Morgan fingerprint density at radius 1 is 1.31 bits per heavy atom. The smallest absolute Gasteiger partial charge is 0.409 e. The number of anilines is 1. The maximum absolute atomic E-state index is 15.1. The molecule has 8 nitrogen and oxygen atoms in total. The van der Waals surface area contributed by atoms with Crippen LogP contribution >= 0.6 is 27.5 Å². The number of aromatic nitrogens is 2. The van der Waals surface area contributed by atoms with Crippen molar-refractivity contribution >= 4 is 50.3 Å². The van der Waals surface area contributed by atoms with E-state index in [-0.39, 0.29) is 38.7 Å². The Kier molecular flexibility index (Phi) is 7.23. The monoisotopic (exact) mass is 569 g/mol. The molecule has 4 heterocycles. The van der Waals surface area contributed by atoms with Gasteiger partial charge in [0.15, 0.2) is 5.82 Å². The van der Waals surface area contributed by atoms with Crippen LogP contribution in [0.15, 0.2) is 10.5 Å². The van der Waals surface area contributed by atoms with Crippen LogP contribution in [0.2, 0.25) is 5.02 Å². The quantitative estimate of drug-likeness (QED) is 0.344. The zero-order chi connectivity index (χ0) is 24.6. The highest BCUT2D eigenvalue weighted by molar-refractivity contribution is 9.10. The summed E-state index contributed by atoms with van der Waals surface area (Å²) in [6.45, 7) is 6.07. The summed E-state index contributed by atoms with van der Waals surface area (Å²) >= 11 is 9.46. The van der Waals surface area contributed by atoms with Gasteiger partial charge in [-0.25, -0.2) is 9.18 Å². The number of hydrogen-bond donors (Lipinski definition) is 1. The van der Waals surface area contributed by atoms with E-state index in [0.29, 0.717) is 37.5 Å². The molecule has 1 aromatic heterocycles. The van der Waals surface area contributed by atoms with E-state index in [9.17, 15) is 4.79 Å². The average Bonchev–Trinajstić information content (AvgIpc) is 3.39. The van der Waals surface area contributed by atoms with Gasteiger partial charge in [-0.1, -0.05) is 24.9 Å². The van der Waals surface area contributed by atoms with Crippen LogP contribution < -0.4 is 10.1 Å². The summed E-state index contributed by atoms with van der Waals surface area (Å²) in [5.74, 6) is -0.117. The molecule has 3 fully saturated rings. The van der Waals surface area contributed by atoms with E-state index >= 15 is 4.39 Å². The maximum Gasteiger partial charge on any atom is 0.409 e. The molecule has 0 spiro atoms. The van der Waals surface area contributed by atoms with Crippen LogP contribution in [0.3, 0.4) is 0 Å². The molecule has 1 N–H and O–H groups in total. The molecule has 3 aliphatic heterocycles. The van der Waals surface area contributed by atoms with Crippen LogP contribution in [0.4, 0.5) is 15.0 Å². The number of hydrogen-bond acceptors (Lipinski definition) is 7. The Hall–Kier alpha value is -1.91. The third-order valence-electron chi connectivity index (χ3n) is 7.29. The first kappa shape index (κ1) is 24.8. The Morgan fingerprint density at radius 2 is 2.06 bits per heavy atom. The molecule has 3 saturated heterocycles. The lowest BCUT2D eigenvalue weighted by molar-refractivity contribution is 0.0747. The van der Waals surface area contributed by atoms with Crippen molar-refractivity contribution in [1.29, 1.82) is 0 Å². The fourth-order valence-corrected chi connectivity index (χ4v) is 5.79. The summed E-state index contributed by atoms with van der Waals surface area (Å²) < 4.78 is 26.7. The second kappa shape index (κ2) is 10.2. The van der Waals surface area contributed by atoms with E-state index in [0.717, 1.165) is 51.6 Å². The number of nitrogens with zero attached hydrogens (tertiary/aromatic N) is 4. The predicted octanol–water partition coefficient (Wildman–Crippen LogP) is 5.22. The number of rotatable bonds is 8. The SMILES string of the molecule is CCCCOC(=O)N1CC(Nc2nc(OCC34CCCN3CCC4)nc3c(F)c(Br)c(Cl)cc23)C1. The molecule has 5 rings (SSSR count). The molecule has 0 radical (unpaired) electrons. The van der Waals surface area contributed by atoms with Gasteiger partial charge in [0.2, 0.25) is 0 Å². The number of unbranched alkanes of at least 4 members (excludes halogenated alkanes) is 1. The van der Waals surface area contributed by atoms with Gasteiger partial charge in [-0.15, -0.1) is 0 Å². The average molecular weight is 571 g/mol. The number of benzene rings is 1. The normalized spacial score (nSPS) is 19.6. The van der Waals surface area contributed by atoms with Crippen molar-refractivity contribution in [2.24, 2.45) is 0 Å². The molecule has 1 aromatic carbocycles. The molecule has 0 atom stereocenters. The molecule has 0 saturated carbocycles. The number of likely N-dealkylation sites (tertiary alicyclic amines) is 1. The first-order valence-electron chi connectivity index (χ1n) is 12.3. The van der Waals surface area contributed by atoms with Crippen molar-refractivity contribution in [3.63, 3.8) is 0 Å². The second-order valence-electron chi connectivity index (χ2n) is 9.66. The standard InChI is InChI=1S/C24H30BrClFN5O3/c1-2-3-10-34-23(33)31-12-15(13-31)28-21-16-11-17(26)18(25)19(27)20(16)29-22(30-21)35-14-24-6-4-8-32(24)9-5-7-24/h11,15H,2-10,12-14H2,1H3,(H,28,29,30). The predicted molar refractivity (Wildman–Crippen MR) is 136 cm³/mol. The maximum atomic E-state index is 15.1. The molecule has 35 heavy (non-hydrogen) atoms. The van der Waals surface area contributed by atoms with Gasteiger partial charge in [0, 0.05) is 18.5 Å². The highest BCUT2D eigenvalue weighted by Crippen LogP contribution is 2.40. The summed E-state index contributed by atoms with van der Waals surface area (Å²) in [6.07, 6.45) is 6.00. The lowest BCUT2D eigenvalue weighted by atomic mass is 9.95. The van der Waals surface area contributed by atoms with Gasteiger partial charge >= 0.3 is 12.1 Å². The van der Waals surface area contributed by atoms with Crippen LogP contribution in [0.25, 0.3) is 10.9 Å². The van der Waals surface area contributed by atoms with Crippen molar-refractivity contribution in [3.8, 4) is 6.01 Å². The summed E-state index contributed by atoms with van der Waals surface area (Å²) in [4.78, 5) is 25.3. The zero-order valence-corrected chi connectivity index (χ0v) is 22.1. The highest BCUT2D eigenvalue weighted by atomic mass is 79.9. The number of ether oxygens (including phenoxy) is 2. The molecule has 1 amide bonds. The first-order chi connectivity index (χ1) is 16.9. The minimum absolute atomic E-state index is 0.0254. The molecule has 3 aliphatic rings. The van der Waals surface area contributed by atoms with Gasteiger partial charge in [0.1, 0.15) is 17.9 Å². The number of carbonyl (C=O) groups excluding carboxylic acids is 1. The van der Waals surface area contributed by atoms with E-state index < -0.39 is 5.82 Å². The van der Waals surface area contributed by atoms with E-state index in [4.69, 9.17) is 21.1 Å². The van der Waals surface area contributed by atoms with Crippen molar-refractivity contribution in [3.05, 3.63) is 21.4 Å². The van der Waals surface area contributed by atoms with Gasteiger partial charge in [0.05, 0.1) is 27.7 Å². The third kappa shape index (κ3) is 4.89. The van der Waals surface area contributed by atoms with Gasteiger partial charge in [-0.3, -0.25) is 4.90 Å². The van der Waals surface area contributed by atoms with Crippen LogP contribution in [-0.2, 0) is 4.74 Å². The zero-order valence-electron chi connectivity index (χ0n) is 19.8. The Balaban J connectivity index is 1.34. The lowest BCUT2D eigenvalue weighted by Gasteiger charge is -2.39. The van der Waals surface area contributed by atoms with Crippen molar-refractivity contribution in [2.75, 3.05) is 44.7 Å². The summed E-state index contributed by atoms with van der Waals surface area (Å²) in [5, 5.41) is 4.03. The Bertz CT molecular complexity index is 1110. The minimum Gasteiger partial charge on any atom is -0.461 e. The van der Waals surface area contributed by atoms with Crippen LogP contribution in [0.5, 0.6) is 6.01 Å². The van der Waals surface area contributed by atoms with E-state index in [2.05, 4.69) is 36.1 Å². The number of nitrogens with one attached hydrogen (secondary N) is 1. The van der Waals surface area contributed by atoms with Gasteiger partial charge in [-0.2, -0.15) is 9.97 Å². The lowest BCUT2D eigenvalue weighted by Crippen LogP contribution is -2.57. The van der Waals surface area contributed by atoms with E-state index in [1.165, 1.54) is 0 Å². The number of fused-ring (bicyclic) bond motifs is 2. The first-order valence-corrected chi connectivity index (χ1v) is 13.5. The summed E-state index contributed by atoms with van der Waals surface area (Å²) in [5.41, 5.74) is 0.161. The number of amides is 1. The Labute approximate surface area is 217 Å². The van der Waals surface area contributed by atoms with Crippen LogP contribution in [-0.4, -0.2) is 76.8 Å². The van der Waals surface area contributed by atoms with Gasteiger partial charge < -0.3 is 19.7 Å². The topological polar surface area (TPSA) is 79.8 Å². The molecule has 11 heteroatoms. The fourth-order valence-electron chi connectivity index (χ4n) is 5.29. The van der Waals surface area contributed by atoms with Crippen molar-refractivity contribution in [1.82, 2.24) is 19.8 Å². The molecule has 190 valence electrons. The molecule has 0 bridgehead atoms. The van der Waals surface area contributed by atoms with Gasteiger partial charge in [-0.05, 0) is 67.2 Å².